The van der Waals surface area contributed by atoms with Crippen LogP contribution >= 0.6 is 11.3 Å². The first-order valence-electron chi connectivity index (χ1n) is 7.95. The molecule has 118 valence electrons. The van der Waals surface area contributed by atoms with Crippen LogP contribution in [0.5, 0.6) is 0 Å². The monoisotopic (exact) mass is 326 g/mol. The first-order chi connectivity index (χ1) is 11.3. The number of fused-ring (bicyclic) bond motifs is 2. The van der Waals surface area contributed by atoms with E-state index in [1.165, 1.54) is 22.5 Å². The number of hydrogen-bond donors (Lipinski definition) is 1. The zero-order chi connectivity index (χ0) is 15.8. The van der Waals surface area contributed by atoms with Gasteiger partial charge >= 0.3 is 0 Å². The molecular weight excluding hydrogens is 308 g/mol. The van der Waals surface area contributed by atoms with Crippen molar-refractivity contribution in [2.24, 2.45) is 5.16 Å². The second kappa shape index (κ2) is 5.81. The lowest BCUT2D eigenvalue weighted by atomic mass is 9.93. The summed E-state index contributed by atoms with van der Waals surface area (Å²) in [4.78, 5) is 15.9. The molecule has 1 aromatic heterocycles. The largest absolute Gasteiger partial charge is 0.411 e. The van der Waals surface area contributed by atoms with Crippen molar-refractivity contribution in [1.29, 1.82) is 0 Å². The predicted molar refractivity (Wildman–Crippen MR) is 90.5 cm³/mol. The smallest absolute Gasteiger partial charge is 0.255 e. The number of nitrogens with zero attached hydrogens (tertiary/aromatic N) is 2. The molecule has 0 bridgehead atoms. The van der Waals surface area contributed by atoms with E-state index >= 15 is 0 Å². The van der Waals surface area contributed by atoms with Gasteiger partial charge in [-0.1, -0.05) is 29.4 Å². The highest BCUT2D eigenvalue weighted by Gasteiger charge is 2.28. The summed E-state index contributed by atoms with van der Waals surface area (Å²) in [5.74, 6) is 0.108. The van der Waals surface area contributed by atoms with Crippen LogP contribution in [-0.4, -0.2) is 28.3 Å². The maximum atomic E-state index is 13.0. The summed E-state index contributed by atoms with van der Waals surface area (Å²) in [7, 11) is 0. The van der Waals surface area contributed by atoms with E-state index < -0.39 is 0 Å². The zero-order valence-electron chi connectivity index (χ0n) is 12.8. The second-order valence-corrected chi connectivity index (χ2v) is 6.98. The van der Waals surface area contributed by atoms with Gasteiger partial charge in [0.25, 0.3) is 5.91 Å². The van der Waals surface area contributed by atoms with Crippen molar-refractivity contribution in [3.05, 3.63) is 56.8 Å². The molecule has 1 amide bonds. The molecule has 0 saturated heterocycles. The van der Waals surface area contributed by atoms with Crippen LogP contribution in [0, 0.1) is 0 Å². The molecule has 1 aliphatic carbocycles. The summed E-state index contributed by atoms with van der Waals surface area (Å²) in [5.41, 5.74) is 5.18. The van der Waals surface area contributed by atoms with E-state index in [-0.39, 0.29) is 5.91 Å². The lowest BCUT2D eigenvalue weighted by molar-refractivity contribution is 0.0734. The highest BCUT2D eigenvalue weighted by Crippen LogP contribution is 2.32. The van der Waals surface area contributed by atoms with E-state index in [0.29, 0.717) is 6.54 Å². The van der Waals surface area contributed by atoms with Gasteiger partial charge in [-0.15, -0.1) is 11.3 Å². The van der Waals surface area contributed by atoms with E-state index in [4.69, 9.17) is 5.21 Å². The summed E-state index contributed by atoms with van der Waals surface area (Å²) < 4.78 is 0. The van der Waals surface area contributed by atoms with Crippen LogP contribution in [-0.2, 0) is 19.4 Å². The van der Waals surface area contributed by atoms with Gasteiger partial charge in [-0.05, 0) is 42.4 Å². The van der Waals surface area contributed by atoms with Crippen LogP contribution < -0.4 is 0 Å². The molecule has 2 aromatic rings. The van der Waals surface area contributed by atoms with E-state index in [1.807, 2.05) is 16.3 Å². The standard InChI is InChI=1S/C18H18N2O2S/c21-18(20-9-8-12-4-1-2-5-13(12)10-20)15-11-23-17-14(15)6-3-7-16(17)19-22/h1-2,4-5,11,22H,3,6-10H2/b19-16-. The molecule has 0 saturated carbocycles. The Balaban J connectivity index is 1.63. The number of thiophene rings is 1. The molecule has 4 nitrogen and oxygen atoms in total. The number of rotatable bonds is 1. The third kappa shape index (κ3) is 2.45. The Bertz CT molecular complexity index is 794. The average molecular weight is 326 g/mol. The molecule has 23 heavy (non-hydrogen) atoms. The van der Waals surface area contributed by atoms with Crippen LogP contribution in [0.2, 0.25) is 0 Å². The third-order valence-corrected chi connectivity index (χ3v) is 5.84. The quantitative estimate of drug-likeness (QED) is 0.644. The van der Waals surface area contributed by atoms with E-state index in [1.54, 1.807) is 0 Å². The Morgan fingerprint density at radius 2 is 2.00 bits per heavy atom. The molecule has 2 heterocycles. The maximum Gasteiger partial charge on any atom is 0.255 e. The van der Waals surface area contributed by atoms with Crippen molar-refractivity contribution in [1.82, 2.24) is 4.90 Å². The van der Waals surface area contributed by atoms with Crippen molar-refractivity contribution >= 4 is 23.0 Å². The van der Waals surface area contributed by atoms with Crippen molar-refractivity contribution in [3.63, 3.8) is 0 Å². The molecule has 1 aliphatic heterocycles. The number of carbonyl (C=O) groups is 1. The van der Waals surface area contributed by atoms with Gasteiger partial charge in [0.1, 0.15) is 0 Å². The van der Waals surface area contributed by atoms with Crippen LogP contribution in [0.15, 0.2) is 34.8 Å². The number of hydrogen-bond acceptors (Lipinski definition) is 4. The maximum absolute atomic E-state index is 13.0. The fourth-order valence-electron chi connectivity index (χ4n) is 3.53. The van der Waals surface area contributed by atoms with Crippen molar-refractivity contribution in [2.45, 2.75) is 32.2 Å². The highest BCUT2D eigenvalue weighted by atomic mass is 32.1. The van der Waals surface area contributed by atoms with E-state index in [9.17, 15) is 4.79 Å². The molecule has 0 atom stereocenters. The van der Waals surface area contributed by atoms with Gasteiger partial charge in [0.2, 0.25) is 0 Å². The summed E-state index contributed by atoms with van der Waals surface area (Å²) in [6, 6.07) is 8.34. The Hall–Kier alpha value is -2.14. The number of amides is 1. The van der Waals surface area contributed by atoms with Crippen molar-refractivity contribution in [2.75, 3.05) is 6.54 Å². The Morgan fingerprint density at radius 1 is 1.17 bits per heavy atom. The van der Waals surface area contributed by atoms with Gasteiger partial charge in [-0.3, -0.25) is 4.79 Å². The summed E-state index contributed by atoms with van der Waals surface area (Å²) in [6.45, 7) is 1.45. The fraction of sp³-hybridized carbons (Fsp3) is 0.333. The molecule has 4 rings (SSSR count). The summed E-state index contributed by atoms with van der Waals surface area (Å²) in [5, 5.41) is 14.5. The highest BCUT2D eigenvalue weighted by molar-refractivity contribution is 7.12. The van der Waals surface area contributed by atoms with E-state index in [2.05, 4.69) is 23.4 Å². The molecule has 2 aliphatic rings. The minimum atomic E-state index is 0.108. The van der Waals surface area contributed by atoms with Gasteiger partial charge in [-0.2, -0.15) is 0 Å². The first kappa shape index (κ1) is 14.5. The molecule has 5 heteroatoms. The molecular formula is C18H18N2O2S. The van der Waals surface area contributed by atoms with E-state index in [0.717, 1.165) is 53.9 Å². The molecule has 0 spiro atoms. The molecule has 0 radical (unpaired) electrons. The molecule has 0 fully saturated rings. The number of carbonyl (C=O) groups excluding carboxylic acids is 1. The van der Waals surface area contributed by atoms with Crippen LogP contribution in [0.3, 0.4) is 0 Å². The average Bonchev–Trinajstić information content (AvgIpc) is 3.04. The van der Waals surface area contributed by atoms with Gasteiger partial charge in [0, 0.05) is 18.5 Å². The van der Waals surface area contributed by atoms with Crippen molar-refractivity contribution in [3.8, 4) is 0 Å². The fourth-order valence-corrected chi connectivity index (χ4v) is 4.65. The Morgan fingerprint density at radius 3 is 2.83 bits per heavy atom. The van der Waals surface area contributed by atoms with Gasteiger partial charge in [-0.25, -0.2) is 0 Å². The number of oxime groups is 1. The lowest BCUT2D eigenvalue weighted by Gasteiger charge is -2.29. The minimum Gasteiger partial charge on any atom is -0.411 e. The predicted octanol–water partition coefficient (Wildman–Crippen LogP) is 3.46. The Labute approximate surface area is 139 Å². The minimum absolute atomic E-state index is 0.108. The Kier molecular flexibility index (Phi) is 3.65. The summed E-state index contributed by atoms with van der Waals surface area (Å²) in [6.07, 6.45) is 3.53. The van der Waals surface area contributed by atoms with Gasteiger partial charge in [0.05, 0.1) is 16.2 Å². The van der Waals surface area contributed by atoms with Gasteiger partial charge < -0.3 is 10.1 Å². The van der Waals surface area contributed by atoms with Crippen LogP contribution in [0.25, 0.3) is 0 Å². The molecule has 1 N–H and O–H groups in total. The molecule has 1 aromatic carbocycles. The van der Waals surface area contributed by atoms with Gasteiger partial charge in [0.15, 0.2) is 0 Å². The zero-order valence-corrected chi connectivity index (χ0v) is 13.6. The summed E-state index contributed by atoms with van der Waals surface area (Å²) >= 11 is 1.52. The second-order valence-electron chi connectivity index (χ2n) is 6.10. The topological polar surface area (TPSA) is 52.9 Å². The SMILES string of the molecule is O=C(c1csc2c1CCC/C2=N/O)N1CCc2ccccc2C1. The van der Waals surface area contributed by atoms with Crippen LogP contribution in [0.1, 0.15) is 44.8 Å². The lowest BCUT2D eigenvalue weighted by Crippen LogP contribution is -2.36. The van der Waals surface area contributed by atoms with Crippen molar-refractivity contribution < 1.29 is 10.0 Å². The van der Waals surface area contributed by atoms with Crippen LogP contribution in [0.4, 0.5) is 0 Å². The normalized spacial score (nSPS) is 18.6. The number of benzene rings is 1. The molecule has 0 unspecified atom stereocenters. The first-order valence-corrected chi connectivity index (χ1v) is 8.83. The third-order valence-electron chi connectivity index (χ3n) is 4.77.